The van der Waals surface area contributed by atoms with E-state index in [1.807, 2.05) is 6.07 Å². The fourth-order valence-electron chi connectivity index (χ4n) is 1.62. The quantitative estimate of drug-likeness (QED) is 0.843. The molecule has 0 aliphatic carbocycles. The van der Waals surface area contributed by atoms with Gasteiger partial charge in [0.15, 0.2) is 0 Å². The third-order valence-corrected chi connectivity index (χ3v) is 4.92. The van der Waals surface area contributed by atoms with E-state index in [1.165, 1.54) is 11.5 Å². The summed E-state index contributed by atoms with van der Waals surface area (Å²) in [7, 11) is 1.59. The highest BCUT2D eigenvalue weighted by Gasteiger charge is 2.42. The Hall–Kier alpha value is -0.260. The van der Waals surface area contributed by atoms with Crippen molar-refractivity contribution in [1.29, 1.82) is 0 Å². The molecule has 1 N–H and O–H groups in total. The maximum absolute atomic E-state index is 10.4. The van der Waals surface area contributed by atoms with Crippen molar-refractivity contribution < 1.29 is 9.84 Å². The van der Waals surface area contributed by atoms with Crippen LogP contribution >= 0.6 is 23.3 Å². The maximum atomic E-state index is 10.4. The van der Waals surface area contributed by atoms with E-state index in [9.17, 15) is 5.11 Å². The van der Waals surface area contributed by atoms with Crippen molar-refractivity contribution in [2.75, 3.05) is 12.9 Å². The molecule has 1 aliphatic rings. The minimum Gasteiger partial charge on any atom is -0.480 e. The molecule has 78 valence electrons. The number of aromatic nitrogens is 1. The summed E-state index contributed by atoms with van der Waals surface area (Å²) in [5.41, 5.74) is -0.695. The molecule has 2 rings (SSSR count). The van der Waals surface area contributed by atoms with Gasteiger partial charge in [0.1, 0.15) is 5.60 Å². The van der Waals surface area contributed by atoms with Crippen LogP contribution in [0.4, 0.5) is 0 Å². The van der Waals surface area contributed by atoms with Gasteiger partial charge in [0.05, 0.1) is 12.0 Å². The largest absolute Gasteiger partial charge is 0.480 e. The molecule has 14 heavy (non-hydrogen) atoms. The van der Waals surface area contributed by atoms with Crippen LogP contribution in [0.15, 0.2) is 6.07 Å². The maximum Gasteiger partial charge on any atom is 0.225 e. The van der Waals surface area contributed by atoms with Crippen LogP contribution in [-0.2, 0) is 5.60 Å². The minimum atomic E-state index is -0.695. The average Bonchev–Trinajstić information content (AvgIpc) is 2.75. The summed E-state index contributed by atoms with van der Waals surface area (Å²) in [5, 5.41) is 10.7. The van der Waals surface area contributed by atoms with Gasteiger partial charge >= 0.3 is 0 Å². The lowest BCUT2D eigenvalue weighted by atomic mass is 9.96. The Labute approximate surface area is 91.6 Å². The molecule has 5 heteroatoms. The topological polar surface area (TPSA) is 42.4 Å². The highest BCUT2D eigenvalue weighted by atomic mass is 32.2. The van der Waals surface area contributed by atoms with Crippen molar-refractivity contribution in [2.24, 2.45) is 0 Å². The van der Waals surface area contributed by atoms with E-state index in [-0.39, 0.29) is 5.25 Å². The summed E-state index contributed by atoms with van der Waals surface area (Å²) < 4.78 is 9.13. The third-order valence-electron chi connectivity index (χ3n) is 2.65. The number of thioether (sulfide) groups is 1. The van der Waals surface area contributed by atoms with Crippen molar-refractivity contribution in [3.63, 3.8) is 0 Å². The highest BCUT2D eigenvalue weighted by Crippen LogP contribution is 2.45. The molecule has 3 nitrogen and oxygen atoms in total. The Morgan fingerprint density at radius 2 is 2.50 bits per heavy atom. The second-order valence-corrected chi connectivity index (χ2v) is 5.67. The van der Waals surface area contributed by atoms with Crippen LogP contribution in [0, 0.1) is 0 Å². The molecule has 0 amide bonds. The number of ether oxygens (including phenoxy) is 1. The van der Waals surface area contributed by atoms with Gasteiger partial charge in [0.2, 0.25) is 5.88 Å². The molecule has 1 aliphatic heterocycles. The van der Waals surface area contributed by atoms with E-state index in [1.54, 1.807) is 18.9 Å². The van der Waals surface area contributed by atoms with Crippen LogP contribution in [0.25, 0.3) is 0 Å². The van der Waals surface area contributed by atoms with E-state index >= 15 is 0 Å². The van der Waals surface area contributed by atoms with Crippen molar-refractivity contribution in [3.8, 4) is 5.88 Å². The number of methoxy groups -OCH3 is 1. The van der Waals surface area contributed by atoms with Crippen LogP contribution in [0.1, 0.15) is 18.2 Å². The highest BCUT2D eigenvalue weighted by molar-refractivity contribution is 8.00. The van der Waals surface area contributed by atoms with Crippen molar-refractivity contribution >= 4 is 23.3 Å². The summed E-state index contributed by atoms with van der Waals surface area (Å²) >= 11 is 3.14. The molecule has 0 spiro atoms. The lowest BCUT2D eigenvalue weighted by Gasteiger charge is -2.24. The lowest BCUT2D eigenvalue weighted by Crippen LogP contribution is -2.30. The number of aliphatic hydroxyl groups is 1. The standard InChI is InChI=1S/C9H13NO2S2/c1-6-9(11,3-4-13-6)7-5-8(12-2)10-14-7/h5-6,11H,3-4H2,1-2H3. The predicted molar refractivity (Wildman–Crippen MR) is 59.1 cm³/mol. The molecule has 1 fully saturated rings. The van der Waals surface area contributed by atoms with E-state index < -0.39 is 5.60 Å². The summed E-state index contributed by atoms with van der Waals surface area (Å²) in [5.74, 6) is 1.61. The number of hydrogen-bond acceptors (Lipinski definition) is 5. The fourth-order valence-corrected chi connectivity index (χ4v) is 3.90. The monoisotopic (exact) mass is 231 g/mol. The molecule has 1 saturated heterocycles. The van der Waals surface area contributed by atoms with Crippen LogP contribution in [0.2, 0.25) is 0 Å². The first-order chi connectivity index (χ1) is 6.66. The molecule has 0 radical (unpaired) electrons. The van der Waals surface area contributed by atoms with Crippen LogP contribution in [0.3, 0.4) is 0 Å². The number of hydrogen-bond donors (Lipinski definition) is 1. The summed E-state index contributed by atoms with van der Waals surface area (Å²) in [6.07, 6.45) is 0.810. The molecule has 1 aromatic heterocycles. The molecule has 1 aromatic rings. The predicted octanol–water partition coefficient (Wildman–Crippen LogP) is 1.86. The zero-order valence-electron chi connectivity index (χ0n) is 8.19. The van der Waals surface area contributed by atoms with E-state index in [0.717, 1.165) is 17.1 Å². The van der Waals surface area contributed by atoms with Crippen molar-refractivity contribution in [1.82, 2.24) is 4.37 Å². The molecule has 0 saturated carbocycles. The molecular weight excluding hydrogens is 218 g/mol. The van der Waals surface area contributed by atoms with Crippen molar-refractivity contribution in [3.05, 3.63) is 10.9 Å². The molecule has 2 atom stereocenters. The average molecular weight is 231 g/mol. The number of nitrogens with zero attached hydrogens (tertiary/aromatic N) is 1. The Morgan fingerprint density at radius 1 is 1.71 bits per heavy atom. The van der Waals surface area contributed by atoms with Gasteiger partial charge in [-0.3, -0.25) is 0 Å². The van der Waals surface area contributed by atoms with E-state index in [2.05, 4.69) is 11.3 Å². The van der Waals surface area contributed by atoms with Crippen LogP contribution in [0.5, 0.6) is 5.88 Å². The molecule has 2 heterocycles. The Bertz CT molecular complexity index is 328. The minimum absolute atomic E-state index is 0.243. The van der Waals surface area contributed by atoms with Gasteiger partial charge < -0.3 is 9.84 Å². The van der Waals surface area contributed by atoms with Crippen molar-refractivity contribution in [2.45, 2.75) is 24.2 Å². The van der Waals surface area contributed by atoms with E-state index in [0.29, 0.717) is 5.88 Å². The van der Waals surface area contributed by atoms with Gasteiger partial charge in [0, 0.05) is 11.3 Å². The first-order valence-corrected chi connectivity index (χ1v) is 6.34. The van der Waals surface area contributed by atoms with Gasteiger partial charge in [-0.2, -0.15) is 16.1 Å². The second kappa shape index (κ2) is 3.72. The molecule has 2 unspecified atom stereocenters. The fraction of sp³-hybridized carbons (Fsp3) is 0.667. The summed E-state index contributed by atoms with van der Waals surface area (Å²) in [6, 6.07) is 1.84. The zero-order valence-corrected chi connectivity index (χ0v) is 9.82. The first kappa shape index (κ1) is 10.3. The number of rotatable bonds is 2. The molecule has 0 aromatic carbocycles. The van der Waals surface area contributed by atoms with Crippen LogP contribution in [-0.4, -0.2) is 27.6 Å². The smallest absolute Gasteiger partial charge is 0.225 e. The molecular formula is C9H13NO2S2. The second-order valence-electron chi connectivity index (χ2n) is 3.42. The van der Waals surface area contributed by atoms with Gasteiger partial charge in [-0.05, 0) is 23.7 Å². The third kappa shape index (κ3) is 1.53. The summed E-state index contributed by atoms with van der Waals surface area (Å²) in [6.45, 7) is 2.06. The van der Waals surface area contributed by atoms with Gasteiger partial charge in [-0.15, -0.1) is 0 Å². The first-order valence-electron chi connectivity index (χ1n) is 4.52. The van der Waals surface area contributed by atoms with Gasteiger partial charge in [0.25, 0.3) is 0 Å². The SMILES string of the molecule is COc1cc(C2(O)CCSC2C)sn1. The summed E-state index contributed by atoms with van der Waals surface area (Å²) in [4.78, 5) is 0.923. The Morgan fingerprint density at radius 3 is 3.00 bits per heavy atom. The normalized spacial score (nSPS) is 32.1. The van der Waals surface area contributed by atoms with Gasteiger partial charge in [-0.1, -0.05) is 6.92 Å². The lowest BCUT2D eigenvalue weighted by molar-refractivity contribution is 0.0463. The van der Waals surface area contributed by atoms with E-state index in [4.69, 9.17) is 4.74 Å². The van der Waals surface area contributed by atoms with Gasteiger partial charge in [-0.25, -0.2) is 0 Å². The van der Waals surface area contributed by atoms with Crippen LogP contribution < -0.4 is 4.74 Å². The Balaban J connectivity index is 2.28. The molecule has 0 bridgehead atoms. The Kier molecular flexibility index (Phi) is 2.72. The zero-order chi connectivity index (χ0) is 10.2.